The fraction of sp³-hybridized carbons (Fsp3) is 0.529. The zero-order valence-electron chi connectivity index (χ0n) is 12.8. The lowest BCUT2D eigenvalue weighted by molar-refractivity contribution is 0.312. The van der Waals surface area contributed by atoms with E-state index < -0.39 is 0 Å². The molecule has 0 aromatic carbocycles. The Labute approximate surface area is 133 Å². The van der Waals surface area contributed by atoms with Crippen LogP contribution in [0.15, 0.2) is 36.7 Å². The molecule has 21 heavy (non-hydrogen) atoms. The SMILES string of the molecule is CCCNC(=S)N(Cc1cccnc1)CC1CC=CCC1. The largest absolute Gasteiger partial charge is 0.363 e. The number of pyridine rings is 1. The molecule has 0 spiro atoms. The number of allylic oxidation sites excluding steroid dienone is 2. The summed E-state index contributed by atoms with van der Waals surface area (Å²) >= 11 is 5.58. The van der Waals surface area contributed by atoms with E-state index in [4.69, 9.17) is 12.2 Å². The van der Waals surface area contributed by atoms with Gasteiger partial charge in [0.1, 0.15) is 0 Å². The zero-order chi connectivity index (χ0) is 14.9. The number of aromatic nitrogens is 1. The molecule has 1 aromatic heterocycles. The summed E-state index contributed by atoms with van der Waals surface area (Å²) in [5.74, 6) is 0.702. The van der Waals surface area contributed by atoms with Gasteiger partial charge in [0.05, 0.1) is 0 Å². The normalized spacial score (nSPS) is 17.5. The van der Waals surface area contributed by atoms with Crippen LogP contribution >= 0.6 is 12.2 Å². The molecule has 0 aliphatic heterocycles. The summed E-state index contributed by atoms with van der Waals surface area (Å²) < 4.78 is 0. The summed E-state index contributed by atoms with van der Waals surface area (Å²) in [6, 6.07) is 4.10. The molecule has 3 nitrogen and oxygen atoms in total. The van der Waals surface area contributed by atoms with Crippen LogP contribution in [0, 0.1) is 5.92 Å². The minimum absolute atomic E-state index is 0.702. The first kappa shape index (κ1) is 16.0. The highest BCUT2D eigenvalue weighted by Crippen LogP contribution is 2.20. The van der Waals surface area contributed by atoms with Crippen molar-refractivity contribution in [2.75, 3.05) is 13.1 Å². The Hall–Kier alpha value is -1.42. The second-order valence-electron chi connectivity index (χ2n) is 5.62. The number of hydrogen-bond donors (Lipinski definition) is 1. The van der Waals surface area contributed by atoms with Gasteiger partial charge in [0.15, 0.2) is 5.11 Å². The van der Waals surface area contributed by atoms with Crippen molar-refractivity contribution >= 4 is 17.3 Å². The smallest absolute Gasteiger partial charge is 0.169 e. The molecule has 1 heterocycles. The second-order valence-corrected chi connectivity index (χ2v) is 6.01. The van der Waals surface area contributed by atoms with Crippen molar-refractivity contribution in [3.63, 3.8) is 0 Å². The van der Waals surface area contributed by atoms with Gasteiger partial charge in [0.2, 0.25) is 0 Å². The average Bonchev–Trinajstić information content (AvgIpc) is 2.54. The Morgan fingerprint density at radius 3 is 3.05 bits per heavy atom. The summed E-state index contributed by atoms with van der Waals surface area (Å²) in [5, 5.41) is 4.23. The van der Waals surface area contributed by atoms with Gasteiger partial charge in [-0.3, -0.25) is 4.98 Å². The van der Waals surface area contributed by atoms with E-state index in [-0.39, 0.29) is 0 Å². The zero-order valence-corrected chi connectivity index (χ0v) is 13.6. The van der Waals surface area contributed by atoms with Crippen molar-refractivity contribution in [3.8, 4) is 0 Å². The van der Waals surface area contributed by atoms with Crippen molar-refractivity contribution in [2.24, 2.45) is 5.92 Å². The van der Waals surface area contributed by atoms with Crippen molar-refractivity contribution in [1.82, 2.24) is 15.2 Å². The van der Waals surface area contributed by atoms with E-state index in [1.165, 1.54) is 24.8 Å². The van der Waals surface area contributed by atoms with Crippen LogP contribution in [0.4, 0.5) is 0 Å². The Balaban J connectivity index is 1.98. The molecule has 0 saturated carbocycles. The summed E-state index contributed by atoms with van der Waals surface area (Å²) in [4.78, 5) is 6.50. The van der Waals surface area contributed by atoms with Crippen LogP contribution in [0.3, 0.4) is 0 Å². The molecule has 1 unspecified atom stereocenters. The first-order valence-electron chi connectivity index (χ1n) is 7.86. The molecule has 0 amide bonds. The van der Waals surface area contributed by atoms with Gasteiger partial charge in [-0.1, -0.05) is 25.1 Å². The summed E-state index contributed by atoms with van der Waals surface area (Å²) in [7, 11) is 0. The van der Waals surface area contributed by atoms with Gasteiger partial charge in [-0.25, -0.2) is 0 Å². The first-order valence-corrected chi connectivity index (χ1v) is 8.27. The van der Waals surface area contributed by atoms with Gasteiger partial charge >= 0.3 is 0 Å². The molecule has 0 bridgehead atoms. The van der Waals surface area contributed by atoms with Crippen LogP contribution in [0.25, 0.3) is 0 Å². The van der Waals surface area contributed by atoms with Gasteiger partial charge in [0.25, 0.3) is 0 Å². The molecule has 4 heteroatoms. The molecule has 1 aliphatic carbocycles. The Morgan fingerprint density at radius 2 is 2.38 bits per heavy atom. The van der Waals surface area contributed by atoms with E-state index in [2.05, 4.69) is 40.3 Å². The maximum Gasteiger partial charge on any atom is 0.169 e. The Kier molecular flexibility index (Phi) is 6.67. The van der Waals surface area contributed by atoms with Crippen LogP contribution in [0.5, 0.6) is 0 Å². The summed E-state index contributed by atoms with van der Waals surface area (Å²) in [6.45, 7) is 4.96. The Bertz CT molecular complexity index is 458. The molecule has 1 atom stereocenters. The highest BCUT2D eigenvalue weighted by atomic mass is 32.1. The average molecular weight is 303 g/mol. The molecular formula is C17H25N3S. The molecule has 1 N–H and O–H groups in total. The molecule has 1 aliphatic rings. The standard InChI is InChI=1S/C17H25N3S/c1-2-10-19-17(21)20(13-15-7-4-3-5-8-15)14-16-9-6-11-18-12-16/h3-4,6,9,11-12,15H,2,5,7-8,10,13-14H2,1H3,(H,19,21). The highest BCUT2D eigenvalue weighted by molar-refractivity contribution is 7.80. The topological polar surface area (TPSA) is 28.2 Å². The van der Waals surface area contributed by atoms with Crippen molar-refractivity contribution in [1.29, 1.82) is 0 Å². The Morgan fingerprint density at radius 1 is 1.48 bits per heavy atom. The summed E-state index contributed by atoms with van der Waals surface area (Å²) in [6.07, 6.45) is 13.0. The quantitative estimate of drug-likeness (QED) is 0.643. The van der Waals surface area contributed by atoms with Crippen LogP contribution < -0.4 is 5.32 Å². The highest BCUT2D eigenvalue weighted by Gasteiger charge is 2.17. The first-order chi connectivity index (χ1) is 10.3. The molecule has 1 aromatic rings. The lowest BCUT2D eigenvalue weighted by Gasteiger charge is -2.30. The van der Waals surface area contributed by atoms with E-state index in [0.29, 0.717) is 5.92 Å². The van der Waals surface area contributed by atoms with E-state index in [9.17, 15) is 0 Å². The minimum Gasteiger partial charge on any atom is -0.363 e. The summed E-state index contributed by atoms with van der Waals surface area (Å²) in [5.41, 5.74) is 1.21. The lowest BCUT2D eigenvalue weighted by Crippen LogP contribution is -2.42. The molecule has 114 valence electrons. The molecular weight excluding hydrogens is 278 g/mol. The third-order valence-corrected chi connectivity index (χ3v) is 4.17. The number of thiocarbonyl (C=S) groups is 1. The van der Waals surface area contributed by atoms with Gasteiger partial charge in [-0.05, 0) is 55.4 Å². The monoisotopic (exact) mass is 303 g/mol. The lowest BCUT2D eigenvalue weighted by atomic mass is 9.94. The van der Waals surface area contributed by atoms with Gasteiger partial charge in [0, 0.05) is 32.0 Å². The van der Waals surface area contributed by atoms with Gasteiger partial charge in [-0.15, -0.1) is 0 Å². The van der Waals surface area contributed by atoms with Gasteiger partial charge in [-0.2, -0.15) is 0 Å². The van der Waals surface area contributed by atoms with Gasteiger partial charge < -0.3 is 10.2 Å². The molecule has 0 radical (unpaired) electrons. The van der Waals surface area contributed by atoms with Crippen LogP contribution in [0.1, 0.15) is 38.2 Å². The van der Waals surface area contributed by atoms with E-state index in [1.54, 1.807) is 0 Å². The van der Waals surface area contributed by atoms with Crippen molar-refractivity contribution < 1.29 is 0 Å². The number of nitrogens with one attached hydrogen (secondary N) is 1. The number of hydrogen-bond acceptors (Lipinski definition) is 2. The fourth-order valence-corrected chi connectivity index (χ4v) is 2.85. The van der Waals surface area contributed by atoms with Crippen LogP contribution in [0.2, 0.25) is 0 Å². The molecule has 0 saturated heterocycles. The van der Waals surface area contributed by atoms with Crippen molar-refractivity contribution in [3.05, 3.63) is 42.2 Å². The predicted octanol–water partition coefficient (Wildman–Crippen LogP) is 3.52. The third-order valence-electron chi connectivity index (χ3n) is 3.77. The van der Waals surface area contributed by atoms with E-state index >= 15 is 0 Å². The second kappa shape index (κ2) is 8.78. The molecule has 2 rings (SSSR count). The molecule has 0 fully saturated rings. The van der Waals surface area contributed by atoms with E-state index in [1.807, 2.05) is 18.5 Å². The third kappa shape index (κ3) is 5.46. The maximum absolute atomic E-state index is 5.58. The minimum atomic E-state index is 0.702. The fourth-order valence-electron chi connectivity index (χ4n) is 2.61. The number of rotatable bonds is 6. The predicted molar refractivity (Wildman–Crippen MR) is 92.0 cm³/mol. The number of nitrogens with zero attached hydrogens (tertiary/aromatic N) is 2. The van der Waals surface area contributed by atoms with Crippen LogP contribution in [-0.4, -0.2) is 28.1 Å². The van der Waals surface area contributed by atoms with Crippen LogP contribution in [-0.2, 0) is 6.54 Å². The van der Waals surface area contributed by atoms with E-state index in [0.717, 1.165) is 31.2 Å². The maximum atomic E-state index is 5.58. The van der Waals surface area contributed by atoms with Crippen molar-refractivity contribution in [2.45, 2.75) is 39.2 Å².